The van der Waals surface area contributed by atoms with Crippen LogP contribution in [0.25, 0.3) is 0 Å². The number of thiocarbonyl (C=S) groups is 1. The highest BCUT2D eigenvalue weighted by Crippen LogP contribution is 2.47. The van der Waals surface area contributed by atoms with Crippen LogP contribution in [0.5, 0.6) is 0 Å². The van der Waals surface area contributed by atoms with Crippen LogP contribution in [-0.2, 0) is 0 Å². The summed E-state index contributed by atoms with van der Waals surface area (Å²) < 4.78 is 0. The molecule has 1 nitrogen and oxygen atoms in total. The molecule has 3 unspecified atom stereocenters. The fraction of sp³-hybridized carbons (Fsp3) is 0.929. The van der Waals surface area contributed by atoms with Crippen LogP contribution < -0.4 is 0 Å². The van der Waals surface area contributed by atoms with E-state index in [0.29, 0.717) is 11.8 Å². The first-order chi connectivity index (χ1) is 7.91. The van der Waals surface area contributed by atoms with E-state index in [1.165, 1.54) is 19.3 Å². The van der Waals surface area contributed by atoms with Gasteiger partial charge in [0.05, 0.1) is 12.8 Å². The Hall–Kier alpha value is -0.0451. The van der Waals surface area contributed by atoms with E-state index in [4.69, 9.17) is 20.1 Å². The summed E-state index contributed by atoms with van der Waals surface area (Å²) in [6.07, 6.45) is 5.89. The highest BCUT2D eigenvalue weighted by atomic mass is 32.1. The maximum atomic E-state index is 6.31. The fourth-order valence-corrected chi connectivity index (χ4v) is 3.44. The van der Waals surface area contributed by atoms with E-state index in [-0.39, 0.29) is 5.31 Å². The lowest BCUT2D eigenvalue weighted by atomic mass is 9.56. The van der Waals surface area contributed by atoms with Crippen LogP contribution in [0.4, 0.5) is 0 Å². The Morgan fingerprint density at radius 2 is 2.12 bits per heavy atom. The van der Waals surface area contributed by atoms with E-state index in [0.717, 1.165) is 24.4 Å². The summed E-state index contributed by atoms with van der Waals surface area (Å²) in [5, 5.41) is 0.0245. The van der Waals surface area contributed by atoms with Crippen molar-refractivity contribution in [3.63, 3.8) is 0 Å². The van der Waals surface area contributed by atoms with Crippen LogP contribution in [-0.4, -0.2) is 31.3 Å². The Kier molecular flexibility index (Phi) is 5.49. The number of nitrogens with zero attached hydrogens (tertiary/aromatic N) is 1. The molecule has 0 aromatic heterocycles. The van der Waals surface area contributed by atoms with E-state index >= 15 is 0 Å². The van der Waals surface area contributed by atoms with Gasteiger partial charge in [-0.3, -0.25) is 0 Å². The molecular formula is C14H26BNS. The van der Waals surface area contributed by atoms with Crippen LogP contribution in [0.15, 0.2) is 0 Å². The first-order valence-corrected chi connectivity index (χ1v) is 7.36. The van der Waals surface area contributed by atoms with Crippen molar-refractivity contribution in [3.8, 4) is 0 Å². The van der Waals surface area contributed by atoms with E-state index in [1.54, 1.807) is 0 Å². The lowest BCUT2D eigenvalue weighted by Crippen LogP contribution is -2.39. The summed E-state index contributed by atoms with van der Waals surface area (Å²) in [6.45, 7) is 7.62. The smallest absolute Gasteiger partial charge is 0.0810 e. The molecule has 0 amide bonds. The Balaban J connectivity index is 2.73. The van der Waals surface area contributed by atoms with Crippen LogP contribution in [0.2, 0.25) is 5.31 Å². The lowest BCUT2D eigenvalue weighted by molar-refractivity contribution is 0.227. The zero-order chi connectivity index (χ0) is 13.1. The third-order valence-corrected chi connectivity index (χ3v) is 4.77. The minimum absolute atomic E-state index is 0.0245. The molecule has 1 saturated carbocycles. The van der Waals surface area contributed by atoms with Gasteiger partial charge in [-0.2, -0.15) is 0 Å². The van der Waals surface area contributed by atoms with Crippen LogP contribution in [0.1, 0.15) is 52.9 Å². The summed E-state index contributed by atoms with van der Waals surface area (Å²) in [5.41, 5.74) is 0. The largest absolute Gasteiger partial charge is 0.369 e. The highest BCUT2D eigenvalue weighted by Gasteiger charge is 2.36. The molecule has 1 aliphatic rings. The molecule has 0 aromatic rings. The molecule has 3 atom stereocenters. The Morgan fingerprint density at radius 1 is 1.47 bits per heavy atom. The topological polar surface area (TPSA) is 3.24 Å². The Labute approximate surface area is 114 Å². The number of rotatable bonds is 4. The second-order valence-corrected chi connectivity index (χ2v) is 6.32. The molecule has 96 valence electrons. The summed E-state index contributed by atoms with van der Waals surface area (Å²) >= 11 is 5.65. The van der Waals surface area contributed by atoms with Gasteiger partial charge in [-0.05, 0) is 19.3 Å². The Morgan fingerprint density at radius 3 is 2.65 bits per heavy atom. The van der Waals surface area contributed by atoms with Crippen molar-refractivity contribution in [1.82, 2.24) is 4.90 Å². The monoisotopic (exact) mass is 251 g/mol. The Bertz CT molecular complexity index is 265. The summed E-state index contributed by atoms with van der Waals surface area (Å²) in [5.74, 6) is 1.26. The predicted molar refractivity (Wildman–Crippen MR) is 80.8 cm³/mol. The molecular weight excluding hydrogens is 225 g/mol. The van der Waals surface area contributed by atoms with Crippen molar-refractivity contribution in [2.24, 2.45) is 11.8 Å². The maximum Gasteiger partial charge on any atom is 0.0810 e. The minimum atomic E-state index is 0.0245. The normalized spacial score (nSPS) is 33.4. The van der Waals surface area contributed by atoms with E-state index in [9.17, 15) is 0 Å². The van der Waals surface area contributed by atoms with Gasteiger partial charge in [-0.25, -0.2) is 0 Å². The van der Waals surface area contributed by atoms with Gasteiger partial charge in [0.1, 0.15) is 0 Å². The third-order valence-electron chi connectivity index (χ3n) is 4.15. The average Bonchev–Trinajstić information content (AvgIpc) is 2.27. The quantitative estimate of drug-likeness (QED) is 0.552. The van der Waals surface area contributed by atoms with E-state index in [1.807, 2.05) is 0 Å². The molecule has 0 aliphatic heterocycles. The molecule has 0 saturated heterocycles. The lowest BCUT2D eigenvalue weighted by Gasteiger charge is -2.43. The number of hydrogen-bond acceptors (Lipinski definition) is 1. The van der Waals surface area contributed by atoms with Crippen molar-refractivity contribution in [1.29, 1.82) is 0 Å². The highest BCUT2D eigenvalue weighted by molar-refractivity contribution is 7.80. The van der Waals surface area contributed by atoms with Crippen molar-refractivity contribution >= 4 is 25.1 Å². The van der Waals surface area contributed by atoms with Gasteiger partial charge in [-0.15, -0.1) is 0 Å². The van der Waals surface area contributed by atoms with Crippen molar-refractivity contribution in [3.05, 3.63) is 0 Å². The van der Waals surface area contributed by atoms with Gasteiger partial charge in [0, 0.05) is 19.5 Å². The standard InChI is InChI=1S/C14H26BNS/c1-5-7-11-10-14(3,15)9-8-12(11)13(17)16(4)6-2/h11-12H,5-10H2,1-4H3. The van der Waals surface area contributed by atoms with Crippen molar-refractivity contribution in [2.45, 2.75) is 58.2 Å². The van der Waals surface area contributed by atoms with Gasteiger partial charge in [0.15, 0.2) is 0 Å². The van der Waals surface area contributed by atoms with Gasteiger partial charge in [0.25, 0.3) is 0 Å². The molecule has 17 heavy (non-hydrogen) atoms. The second kappa shape index (κ2) is 6.22. The van der Waals surface area contributed by atoms with E-state index < -0.39 is 0 Å². The fourth-order valence-electron chi connectivity index (χ4n) is 3.00. The molecule has 3 heteroatoms. The summed E-state index contributed by atoms with van der Waals surface area (Å²) in [6, 6.07) is 0. The molecule has 0 spiro atoms. The molecule has 2 radical (unpaired) electrons. The van der Waals surface area contributed by atoms with Gasteiger partial charge in [-0.1, -0.05) is 57.1 Å². The third kappa shape index (κ3) is 3.98. The second-order valence-electron chi connectivity index (χ2n) is 5.90. The van der Waals surface area contributed by atoms with Crippen LogP contribution in [0.3, 0.4) is 0 Å². The predicted octanol–water partition coefficient (Wildman–Crippen LogP) is 3.83. The van der Waals surface area contributed by atoms with Crippen LogP contribution >= 0.6 is 12.2 Å². The molecule has 0 heterocycles. The maximum absolute atomic E-state index is 6.31. The molecule has 1 rings (SSSR count). The van der Waals surface area contributed by atoms with Crippen LogP contribution in [0, 0.1) is 11.8 Å². The molecule has 0 bridgehead atoms. The number of hydrogen-bond donors (Lipinski definition) is 0. The van der Waals surface area contributed by atoms with Crippen molar-refractivity contribution in [2.75, 3.05) is 13.6 Å². The molecule has 0 N–H and O–H groups in total. The first kappa shape index (κ1) is 15.0. The van der Waals surface area contributed by atoms with Gasteiger partial charge < -0.3 is 4.90 Å². The SMILES string of the molecule is [B]C1(C)CCC(C(=S)N(C)CC)C(CCC)C1. The molecule has 1 aliphatic carbocycles. The first-order valence-electron chi connectivity index (χ1n) is 6.95. The zero-order valence-corrected chi connectivity index (χ0v) is 12.6. The van der Waals surface area contributed by atoms with Crippen molar-refractivity contribution < 1.29 is 0 Å². The van der Waals surface area contributed by atoms with Gasteiger partial charge in [0.2, 0.25) is 0 Å². The average molecular weight is 251 g/mol. The van der Waals surface area contributed by atoms with Gasteiger partial charge >= 0.3 is 0 Å². The minimum Gasteiger partial charge on any atom is -0.369 e. The van der Waals surface area contributed by atoms with E-state index in [2.05, 4.69) is 32.7 Å². The summed E-state index contributed by atoms with van der Waals surface area (Å²) in [4.78, 5) is 3.38. The summed E-state index contributed by atoms with van der Waals surface area (Å²) in [7, 11) is 8.43. The molecule has 0 aromatic carbocycles. The zero-order valence-electron chi connectivity index (χ0n) is 11.8. The molecule has 1 fully saturated rings.